The molecule has 0 unspecified atom stereocenters. The van der Waals surface area contributed by atoms with E-state index in [4.69, 9.17) is 0 Å². The van der Waals surface area contributed by atoms with Crippen LogP contribution in [-0.2, 0) is 6.54 Å². The second kappa shape index (κ2) is 4.42. The Balaban J connectivity index is 1.78. The van der Waals surface area contributed by atoms with Crippen molar-refractivity contribution in [2.75, 3.05) is 5.32 Å². The third-order valence-electron chi connectivity index (χ3n) is 2.47. The van der Waals surface area contributed by atoms with Crippen molar-refractivity contribution in [1.29, 1.82) is 0 Å². The summed E-state index contributed by atoms with van der Waals surface area (Å²) in [4.78, 5) is 1.20. The molecule has 3 heterocycles. The first-order valence-corrected chi connectivity index (χ1v) is 6.10. The van der Waals surface area contributed by atoms with E-state index in [1.165, 1.54) is 4.88 Å². The van der Waals surface area contributed by atoms with Crippen LogP contribution >= 0.6 is 11.3 Å². The number of aromatic amines is 2. The van der Waals surface area contributed by atoms with Crippen LogP contribution in [0, 0.1) is 0 Å². The van der Waals surface area contributed by atoms with E-state index < -0.39 is 0 Å². The van der Waals surface area contributed by atoms with Gasteiger partial charge in [-0.25, -0.2) is 0 Å². The van der Waals surface area contributed by atoms with Gasteiger partial charge in [0.2, 0.25) is 0 Å². The molecule has 0 radical (unpaired) electrons. The lowest BCUT2D eigenvalue weighted by Crippen LogP contribution is -1.98. The van der Waals surface area contributed by atoms with Gasteiger partial charge in [0.1, 0.15) is 0 Å². The van der Waals surface area contributed by atoms with Gasteiger partial charge >= 0.3 is 0 Å². The second-order valence-electron chi connectivity index (χ2n) is 3.59. The first-order valence-electron chi connectivity index (χ1n) is 5.22. The van der Waals surface area contributed by atoms with Crippen LogP contribution in [0.4, 0.5) is 5.69 Å². The van der Waals surface area contributed by atoms with Gasteiger partial charge in [-0.05, 0) is 11.4 Å². The van der Waals surface area contributed by atoms with Crippen molar-refractivity contribution < 1.29 is 0 Å². The van der Waals surface area contributed by atoms with Crippen molar-refractivity contribution in [2.24, 2.45) is 0 Å². The number of nitrogens with one attached hydrogen (secondary N) is 3. The van der Waals surface area contributed by atoms with Crippen LogP contribution in [0.25, 0.3) is 10.6 Å². The zero-order valence-electron chi connectivity index (χ0n) is 8.97. The summed E-state index contributed by atoms with van der Waals surface area (Å²) in [5.41, 5.74) is 3.20. The quantitative estimate of drug-likeness (QED) is 0.661. The molecule has 3 aromatic rings. The molecule has 3 rings (SSSR count). The van der Waals surface area contributed by atoms with Gasteiger partial charge in [-0.3, -0.25) is 10.2 Å². The van der Waals surface area contributed by atoms with E-state index in [1.54, 1.807) is 17.5 Å². The molecule has 0 aliphatic heterocycles. The number of hydrogen-bond donors (Lipinski definition) is 3. The van der Waals surface area contributed by atoms with Crippen molar-refractivity contribution in [3.63, 3.8) is 0 Å². The Labute approximate surface area is 102 Å². The van der Waals surface area contributed by atoms with Crippen molar-refractivity contribution in [2.45, 2.75) is 6.54 Å². The van der Waals surface area contributed by atoms with Gasteiger partial charge < -0.3 is 5.32 Å². The summed E-state index contributed by atoms with van der Waals surface area (Å²) >= 11 is 1.70. The minimum Gasteiger partial charge on any atom is -0.378 e. The molecule has 0 aliphatic carbocycles. The number of H-pyrrole nitrogens is 2. The summed E-state index contributed by atoms with van der Waals surface area (Å²) in [5, 5.41) is 19.1. The van der Waals surface area contributed by atoms with Crippen LogP contribution in [0.5, 0.6) is 0 Å². The van der Waals surface area contributed by atoms with Gasteiger partial charge in [-0.2, -0.15) is 10.2 Å². The number of hydrogen-bond acceptors (Lipinski definition) is 4. The smallest absolute Gasteiger partial charge is 0.0799 e. The van der Waals surface area contributed by atoms with Crippen LogP contribution in [0.1, 0.15) is 5.56 Å². The lowest BCUT2D eigenvalue weighted by Gasteiger charge is -2.02. The van der Waals surface area contributed by atoms with E-state index in [-0.39, 0.29) is 0 Å². The molecule has 0 atom stereocenters. The Kier molecular flexibility index (Phi) is 2.63. The summed E-state index contributed by atoms with van der Waals surface area (Å²) in [7, 11) is 0. The van der Waals surface area contributed by atoms with Gasteiger partial charge in [-0.15, -0.1) is 11.3 Å². The molecule has 0 amide bonds. The fourth-order valence-electron chi connectivity index (χ4n) is 1.62. The number of thiophene rings is 1. The minimum atomic E-state index is 0.725. The fraction of sp³-hybridized carbons (Fsp3) is 0.0909. The van der Waals surface area contributed by atoms with Crippen LogP contribution < -0.4 is 5.32 Å². The van der Waals surface area contributed by atoms with E-state index in [9.17, 15) is 0 Å². The summed E-state index contributed by atoms with van der Waals surface area (Å²) in [5.74, 6) is 0. The number of rotatable bonds is 4. The van der Waals surface area contributed by atoms with E-state index in [0.29, 0.717) is 0 Å². The third kappa shape index (κ3) is 2.07. The highest BCUT2D eigenvalue weighted by atomic mass is 32.1. The molecule has 0 fully saturated rings. The lowest BCUT2D eigenvalue weighted by molar-refractivity contribution is 1.09. The highest BCUT2D eigenvalue weighted by Crippen LogP contribution is 2.26. The summed E-state index contributed by atoms with van der Waals surface area (Å²) in [6, 6.07) is 4.12. The Morgan fingerprint density at radius 3 is 3.06 bits per heavy atom. The SMILES string of the molecule is c1csc(-c2[nH]ncc2CNc2cn[nH]c2)c1. The molecule has 0 saturated heterocycles. The molecule has 6 heteroatoms. The Hall–Kier alpha value is -2.08. The van der Waals surface area contributed by atoms with E-state index in [2.05, 4.69) is 37.2 Å². The van der Waals surface area contributed by atoms with Gasteiger partial charge in [-0.1, -0.05) is 6.07 Å². The first kappa shape index (κ1) is 10.1. The fourth-order valence-corrected chi connectivity index (χ4v) is 2.38. The zero-order chi connectivity index (χ0) is 11.5. The number of aromatic nitrogens is 4. The van der Waals surface area contributed by atoms with Gasteiger partial charge in [0.15, 0.2) is 0 Å². The van der Waals surface area contributed by atoms with Crippen LogP contribution in [0.15, 0.2) is 36.1 Å². The third-order valence-corrected chi connectivity index (χ3v) is 3.35. The molecule has 3 N–H and O–H groups in total. The van der Waals surface area contributed by atoms with E-state index in [1.807, 2.05) is 18.5 Å². The standard InChI is InChI=1S/C11H11N5S/c1-2-10(17-3-1)11-8(5-15-16-11)4-12-9-6-13-14-7-9/h1-3,5-7,12H,4H2,(H,13,14)(H,15,16). The van der Waals surface area contributed by atoms with E-state index >= 15 is 0 Å². The molecule has 0 aliphatic rings. The Bertz CT molecular complexity index is 567. The zero-order valence-corrected chi connectivity index (χ0v) is 9.79. The summed E-state index contributed by atoms with van der Waals surface area (Å²) in [6.07, 6.45) is 5.43. The predicted octanol–water partition coefficient (Wildman–Crippen LogP) is 2.47. The molecule has 3 aromatic heterocycles. The lowest BCUT2D eigenvalue weighted by atomic mass is 10.2. The maximum Gasteiger partial charge on any atom is 0.0799 e. The normalized spacial score (nSPS) is 10.6. The molecular formula is C11H11N5S. The number of anilines is 1. The highest BCUT2D eigenvalue weighted by Gasteiger charge is 2.08. The minimum absolute atomic E-state index is 0.725. The maximum atomic E-state index is 4.10. The maximum absolute atomic E-state index is 4.10. The Morgan fingerprint density at radius 1 is 1.29 bits per heavy atom. The molecule has 0 saturated carbocycles. The molecule has 0 spiro atoms. The Morgan fingerprint density at radius 2 is 2.29 bits per heavy atom. The molecule has 0 bridgehead atoms. The van der Waals surface area contributed by atoms with Crippen molar-refractivity contribution in [3.05, 3.63) is 41.7 Å². The predicted molar refractivity (Wildman–Crippen MR) is 67.8 cm³/mol. The van der Waals surface area contributed by atoms with Crippen LogP contribution in [0.2, 0.25) is 0 Å². The van der Waals surface area contributed by atoms with Gasteiger partial charge in [0, 0.05) is 18.3 Å². The summed E-state index contributed by atoms with van der Waals surface area (Å²) < 4.78 is 0. The van der Waals surface area contributed by atoms with Gasteiger partial charge in [0.25, 0.3) is 0 Å². The van der Waals surface area contributed by atoms with Gasteiger partial charge in [0.05, 0.1) is 28.7 Å². The largest absolute Gasteiger partial charge is 0.378 e. The molecule has 5 nitrogen and oxygen atoms in total. The topological polar surface area (TPSA) is 69.4 Å². The molecule has 86 valence electrons. The van der Waals surface area contributed by atoms with Crippen molar-refractivity contribution in [1.82, 2.24) is 20.4 Å². The average Bonchev–Trinajstić information content (AvgIpc) is 3.09. The van der Waals surface area contributed by atoms with Crippen LogP contribution in [-0.4, -0.2) is 20.4 Å². The number of nitrogens with zero attached hydrogens (tertiary/aromatic N) is 2. The van der Waals surface area contributed by atoms with Crippen LogP contribution in [0.3, 0.4) is 0 Å². The van der Waals surface area contributed by atoms with Crippen molar-refractivity contribution >= 4 is 17.0 Å². The summed E-state index contributed by atoms with van der Waals surface area (Å²) in [6.45, 7) is 0.725. The van der Waals surface area contributed by atoms with Crippen molar-refractivity contribution in [3.8, 4) is 10.6 Å². The van der Waals surface area contributed by atoms with E-state index in [0.717, 1.165) is 23.5 Å². The average molecular weight is 245 g/mol. The molecule has 17 heavy (non-hydrogen) atoms. The second-order valence-corrected chi connectivity index (χ2v) is 4.54. The first-order chi connectivity index (χ1) is 8.43. The molecular weight excluding hydrogens is 234 g/mol. The monoisotopic (exact) mass is 245 g/mol. The highest BCUT2D eigenvalue weighted by molar-refractivity contribution is 7.13. The molecule has 0 aromatic carbocycles.